The summed E-state index contributed by atoms with van der Waals surface area (Å²) < 4.78 is 11.9. The number of methoxy groups -OCH3 is 2. The van der Waals surface area contributed by atoms with E-state index in [2.05, 4.69) is 10.3 Å². The first-order valence-corrected chi connectivity index (χ1v) is 6.54. The first-order chi connectivity index (χ1) is 9.24. The van der Waals surface area contributed by atoms with Crippen LogP contribution in [-0.4, -0.2) is 42.3 Å². The van der Waals surface area contributed by atoms with Crippen molar-refractivity contribution in [2.24, 2.45) is 0 Å². The van der Waals surface area contributed by atoms with Crippen LogP contribution in [0.5, 0.6) is 0 Å². The summed E-state index contributed by atoms with van der Waals surface area (Å²) in [4.78, 5) is 16.7. The maximum absolute atomic E-state index is 11.6. The molecule has 0 aliphatic heterocycles. The lowest BCUT2D eigenvalue weighted by molar-refractivity contribution is -0.123. The largest absolute Gasteiger partial charge is 0.354 e. The molecule has 2 heterocycles. The zero-order chi connectivity index (χ0) is 13.7. The van der Waals surface area contributed by atoms with Crippen LogP contribution in [0.4, 0.5) is 0 Å². The molecule has 1 amide bonds. The van der Waals surface area contributed by atoms with Gasteiger partial charge in [-0.2, -0.15) is 0 Å². The Bertz CT molecular complexity index is 572. The molecule has 0 saturated heterocycles. The average Bonchev–Trinajstić information content (AvgIpc) is 3.01. The molecule has 0 radical (unpaired) electrons. The number of fused-ring (bicyclic) bond motifs is 1. The molecule has 0 fully saturated rings. The van der Waals surface area contributed by atoms with Crippen LogP contribution in [0.25, 0.3) is 11.0 Å². The fraction of sp³-hybridized carbons (Fsp3) is 0.333. The van der Waals surface area contributed by atoms with E-state index in [1.807, 2.05) is 16.0 Å². The molecule has 7 heteroatoms. The van der Waals surface area contributed by atoms with Crippen LogP contribution < -0.4 is 5.32 Å². The summed E-state index contributed by atoms with van der Waals surface area (Å²) in [6.07, 6.45) is 6.38. The number of carbonyl (C=O) groups is 1. The highest BCUT2D eigenvalue weighted by molar-refractivity contribution is 7.15. The number of thiazole rings is 1. The summed E-state index contributed by atoms with van der Waals surface area (Å²) >= 11 is 1.55. The lowest BCUT2D eigenvalue weighted by Gasteiger charge is -2.12. The summed E-state index contributed by atoms with van der Waals surface area (Å²) in [5, 5.41) is 4.63. The van der Waals surface area contributed by atoms with Crippen LogP contribution in [0.2, 0.25) is 0 Å². The molecule has 1 N–H and O–H groups in total. The summed E-state index contributed by atoms with van der Waals surface area (Å²) in [7, 11) is 3.05. The van der Waals surface area contributed by atoms with Crippen molar-refractivity contribution in [1.82, 2.24) is 14.7 Å². The first-order valence-electron chi connectivity index (χ1n) is 5.66. The van der Waals surface area contributed by atoms with Crippen LogP contribution >= 0.6 is 11.3 Å². The molecule has 19 heavy (non-hydrogen) atoms. The van der Waals surface area contributed by atoms with E-state index in [1.54, 1.807) is 23.6 Å². The lowest BCUT2D eigenvalue weighted by Crippen LogP contribution is -2.33. The number of aromatic nitrogens is 2. The maximum Gasteiger partial charge on any atom is 0.244 e. The van der Waals surface area contributed by atoms with E-state index in [9.17, 15) is 4.79 Å². The highest BCUT2D eigenvalue weighted by atomic mass is 32.1. The van der Waals surface area contributed by atoms with Crippen molar-refractivity contribution in [3.8, 4) is 0 Å². The Morgan fingerprint density at radius 1 is 1.58 bits per heavy atom. The van der Waals surface area contributed by atoms with E-state index >= 15 is 0 Å². The Labute approximate surface area is 114 Å². The normalized spacial score (nSPS) is 11.7. The highest BCUT2D eigenvalue weighted by Gasteiger charge is 2.06. The van der Waals surface area contributed by atoms with Gasteiger partial charge in [0.15, 0.2) is 11.3 Å². The average molecular weight is 281 g/mol. The van der Waals surface area contributed by atoms with Crippen LogP contribution in [0.1, 0.15) is 5.69 Å². The maximum atomic E-state index is 11.6. The molecule has 0 atom stereocenters. The van der Waals surface area contributed by atoms with Gasteiger partial charge in [0.1, 0.15) is 0 Å². The van der Waals surface area contributed by atoms with Gasteiger partial charge in [0, 0.05) is 31.9 Å². The Balaban J connectivity index is 1.92. The van der Waals surface area contributed by atoms with E-state index in [0.29, 0.717) is 6.54 Å². The minimum Gasteiger partial charge on any atom is -0.354 e. The van der Waals surface area contributed by atoms with Gasteiger partial charge in [0.05, 0.1) is 18.4 Å². The second-order valence-electron chi connectivity index (χ2n) is 3.72. The molecule has 2 rings (SSSR count). The number of hydrogen-bond acceptors (Lipinski definition) is 5. The van der Waals surface area contributed by atoms with Gasteiger partial charge in [-0.15, -0.1) is 11.3 Å². The second-order valence-corrected chi connectivity index (χ2v) is 4.59. The molecule has 0 saturated carbocycles. The summed E-state index contributed by atoms with van der Waals surface area (Å²) in [5.41, 5.74) is 0.862. The van der Waals surface area contributed by atoms with Gasteiger partial charge in [-0.3, -0.25) is 9.20 Å². The van der Waals surface area contributed by atoms with E-state index in [-0.39, 0.29) is 5.91 Å². The molecule has 2 aromatic rings. The van der Waals surface area contributed by atoms with Gasteiger partial charge >= 0.3 is 0 Å². The van der Waals surface area contributed by atoms with E-state index < -0.39 is 6.29 Å². The summed E-state index contributed by atoms with van der Waals surface area (Å²) in [6, 6.07) is 0. The van der Waals surface area contributed by atoms with Crippen molar-refractivity contribution in [1.29, 1.82) is 0 Å². The number of carbonyl (C=O) groups excluding carboxylic acids is 1. The number of ether oxygens (including phenoxy) is 2. The fourth-order valence-corrected chi connectivity index (χ4v) is 2.23. The summed E-state index contributed by atoms with van der Waals surface area (Å²) in [5.74, 6) is -0.204. The fourth-order valence-electron chi connectivity index (χ4n) is 1.54. The second kappa shape index (κ2) is 6.46. The van der Waals surface area contributed by atoms with Crippen LogP contribution in [0.15, 0.2) is 23.8 Å². The third-order valence-electron chi connectivity index (χ3n) is 2.55. The van der Waals surface area contributed by atoms with Crippen molar-refractivity contribution in [3.63, 3.8) is 0 Å². The van der Waals surface area contributed by atoms with Gasteiger partial charge in [0.2, 0.25) is 5.91 Å². The van der Waals surface area contributed by atoms with Crippen LogP contribution in [0.3, 0.4) is 0 Å². The van der Waals surface area contributed by atoms with Crippen molar-refractivity contribution in [2.45, 2.75) is 6.29 Å². The number of nitrogens with one attached hydrogen (secondary N) is 1. The minimum atomic E-state index is -0.434. The number of hydrogen-bond donors (Lipinski definition) is 1. The van der Waals surface area contributed by atoms with Crippen LogP contribution in [0, 0.1) is 0 Å². The third kappa shape index (κ3) is 3.40. The zero-order valence-corrected chi connectivity index (χ0v) is 11.5. The Morgan fingerprint density at radius 3 is 3.11 bits per heavy atom. The van der Waals surface area contributed by atoms with Gasteiger partial charge in [-0.25, -0.2) is 4.98 Å². The Kier molecular flexibility index (Phi) is 4.67. The smallest absolute Gasteiger partial charge is 0.244 e. The molecule has 0 bridgehead atoms. The number of amides is 1. The van der Waals surface area contributed by atoms with Crippen molar-refractivity contribution in [3.05, 3.63) is 29.5 Å². The topological polar surface area (TPSA) is 64.9 Å². The molecule has 2 aromatic heterocycles. The van der Waals surface area contributed by atoms with Crippen molar-refractivity contribution < 1.29 is 14.3 Å². The zero-order valence-electron chi connectivity index (χ0n) is 10.7. The van der Waals surface area contributed by atoms with E-state index in [1.165, 1.54) is 20.3 Å². The monoisotopic (exact) mass is 281 g/mol. The van der Waals surface area contributed by atoms with Gasteiger partial charge < -0.3 is 14.8 Å². The molecular weight excluding hydrogens is 266 g/mol. The van der Waals surface area contributed by atoms with E-state index in [4.69, 9.17) is 9.47 Å². The summed E-state index contributed by atoms with van der Waals surface area (Å²) in [6.45, 7) is 0.302. The Morgan fingerprint density at radius 2 is 2.37 bits per heavy atom. The molecule has 0 aliphatic rings. The minimum absolute atomic E-state index is 0.204. The number of nitrogens with zero attached hydrogens (tertiary/aromatic N) is 2. The predicted molar refractivity (Wildman–Crippen MR) is 72.9 cm³/mol. The van der Waals surface area contributed by atoms with Crippen LogP contribution in [-0.2, 0) is 14.3 Å². The van der Waals surface area contributed by atoms with Gasteiger partial charge in [-0.05, 0) is 6.08 Å². The highest BCUT2D eigenvalue weighted by Crippen LogP contribution is 2.13. The molecular formula is C12H15N3O3S. The molecule has 0 unspecified atom stereocenters. The number of rotatable bonds is 6. The SMILES string of the molecule is COC(CNC(=O)/C=C/c1cnc2sccn12)OC. The molecule has 0 aromatic carbocycles. The number of imidazole rings is 1. The quantitative estimate of drug-likeness (QED) is 0.637. The van der Waals surface area contributed by atoms with Gasteiger partial charge in [-0.1, -0.05) is 0 Å². The first kappa shape index (κ1) is 13.7. The Hall–Kier alpha value is -1.70. The molecule has 0 aliphatic carbocycles. The predicted octanol–water partition coefficient (Wildman–Crippen LogP) is 1.14. The van der Waals surface area contributed by atoms with Crippen molar-refractivity contribution in [2.75, 3.05) is 20.8 Å². The molecule has 6 nitrogen and oxygen atoms in total. The standard InChI is InChI=1S/C12H15N3O3S/c1-17-11(18-2)8-13-10(16)4-3-9-7-14-12-15(9)5-6-19-12/h3-7,11H,8H2,1-2H3,(H,13,16)/b4-3+. The van der Waals surface area contributed by atoms with Gasteiger partial charge in [0.25, 0.3) is 0 Å². The third-order valence-corrected chi connectivity index (χ3v) is 3.32. The lowest BCUT2D eigenvalue weighted by atomic mass is 10.4. The molecule has 0 spiro atoms. The van der Waals surface area contributed by atoms with E-state index in [0.717, 1.165) is 10.7 Å². The van der Waals surface area contributed by atoms with Crippen molar-refractivity contribution >= 4 is 28.3 Å². The molecule has 102 valence electrons.